The first kappa shape index (κ1) is 19.1. The number of furan rings is 1. The first-order valence-electron chi connectivity index (χ1n) is 8.58. The third kappa shape index (κ3) is 4.42. The third-order valence-corrected chi connectivity index (χ3v) is 4.07. The molecule has 1 atom stereocenters. The van der Waals surface area contributed by atoms with E-state index in [-0.39, 0.29) is 18.1 Å². The molecular weight excluding hydrogens is 320 g/mol. The van der Waals surface area contributed by atoms with E-state index in [2.05, 4.69) is 29.6 Å². The van der Waals surface area contributed by atoms with Gasteiger partial charge in [-0.2, -0.15) is 5.10 Å². The summed E-state index contributed by atoms with van der Waals surface area (Å²) < 4.78 is 12.9. The molecular formula is C18H28N4O3. The summed E-state index contributed by atoms with van der Waals surface area (Å²) in [6.45, 7) is 10.3. The summed E-state index contributed by atoms with van der Waals surface area (Å²) in [5, 5.41) is 10.3. The molecule has 2 amide bonds. The number of amides is 2. The number of nitrogens with zero attached hydrogens (tertiary/aromatic N) is 2. The number of aromatic nitrogens is 2. The fourth-order valence-electron chi connectivity index (χ4n) is 2.79. The van der Waals surface area contributed by atoms with Gasteiger partial charge in [-0.25, -0.2) is 4.79 Å². The molecule has 0 saturated carbocycles. The van der Waals surface area contributed by atoms with Gasteiger partial charge in [0.25, 0.3) is 0 Å². The molecule has 0 aliphatic rings. The number of hydrogen-bond acceptors (Lipinski definition) is 4. The van der Waals surface area contributed by atoms with Crippen molar-refractivity contribution in [2.75, 3.05) is 19.0 Å². The number of urea groups is 1. The molecule has 138 valence electrons. The highest BCUT2D eigenvalue weighted by atomic mass is 16.5. The van der Waals surface area contributed by atoms with Crippen LogP contribution in [0.4, 0.5) is 10.5 Å². The van der Waals surface area contributed by atoms with Crippen LogP contribution in [0.1, 0.15) is 55.8 Å². The molecule has 25 heavy (non-hydrogen) atoms. The standard InChI is InChI=1S/C18H28N4O3/c1-7-14-8-9-16(25-14)15(10-24-6)19-18(23)20-17-12(4)21-22(11(2)3)13(17)5/h8-9,11,15H,7,10H2,1-6H3,(H2,19,20,23). The monoisotopic (exact) mass is 348 g/mol. The van der Waals surface area contributed by atoms with Crippen molar-refractivity contribution in [2.45, 2.75) is 53.1 Å². The fraction of sp³-hybridized carbons (Fsp3) is 0.556. The van der Waals surface area contributed by atoms with E-state index >= 15 is 0 Å². The zero-order valence-electron chi connectivity index (χ0n) is 15.8. The topological polar surface area (TPSA) is 81.3 Å². The maximum atomic E-state index is 12.5. The maximum absolute atomic E-state index is 12.5. The van der Waals surface area contributed by atoms with Gasteiger partial charge >= 0.3 is 6.03 Å². The van der Waals surface area contributed by atoms with Crippen LogP contribution in [-0.4, -0.2) is 29.5 Å². The van der Waals surface area contributed by atoms with E-state index in [4.69, 9.17) is 9.15 Å². The normalized spacial score (nSPS) is 12.4. The number of carbonyl (C=O) groups excluding carboxylic acids is 1. The lowest BCUT2D eigenvalue weighted by Crippen LogP contribution is -2.34. The van der Waals surface area contributed by atoms with Gasteiger partial charge in [0.05, 0.1) is 23.7 Å². The number of ether oxygens (including phenoxy) is 1. The Morgan fingerprint density at radius 3 is 2.60 bits per heavy atom. The summed E-state index contributed by atoms with van der Waals surface area (Å²) in [4.78, 5) is 12.5. The number of hydrogen-bond donors (Lipinski definition) is 2. The Morgan fingerprint density at radius 2 is 2.08 bits per heavy atom. The van der Waals surface area contributed by atoms with Crippen LogP contribution in [0, 0.1) is 13.8 Å². The van der Waals surface area contributed by atoms with E-state index in [0.717, 1.165) is 29.3 Å². The van der Waals surface area contributed by atoms with Crippen LogP contribution < -0.4 is 10.6 Å². The molecule has 0 spiro atoms. The molecule has 0 aliphatic carbocycles. The second-order valence-electron chi connectivity index (χ2n) is 6.35. The molecule has 0 radical (unpaired) electrons. The summed E-state index contributed by atoms with van der Waals surface area (Å²) >= 11 is 0. The van der Waals surface area contributed by atoms with Gasteiger partial charge in [0.1, 0.15) is 17.6 Å². The predicted octanol–water partition coefficient (Wildman–Crippen LogP) is 3.75. The van der Waals surface area contributed by atoms with E-state index in [1.165, 1.54) is 0 Å². The zero-order valence-corrected chi connectivity index (χ0v) is 15.8. The van der Waals surface area contributed by atoms with Gasteiger partial charge in [0.2, 0.25) is 0 Å². The zero-order chi connectivity index (χ0) is 18.6. The van der Waals surface area contributed by atoms with Crippen molar-refractivity contribution < 1.29 is 13.9 Å². The first-order valence-corrected chi connectivity index (χ1v) is 8.58. The Labute approximate surface area is 148 Å². The molecule has 2 aromatic rings. The highest BCUT2D eigenvalue weighted by Gasteiger charge is 2.20. The van der Waals surface area contributed by atoms with Gasteiger partial charge in [-0.15, -0.1) is 0 Å². The summed E-state index contributed by atoms with van der Waals surface area (Å²) in [7, 11) is 1.59. The fourth-order valence-corrected chi connectivity index (χ4v) is 2.79. The molecule has 2 rings (SSSR count). The summed E-state index contributed by atoms with van der Waals surface area (Å²) in [6, 6.07) is 3.35. The number of anilines is 1. The van der Waals surface area contributed by atoms with Crippen molar-refractivity contribution >= 4 is 11.7 Å². The van der Waals surface area contributed by atoms with Crippen molar-refractivity contribution in [3.8, 4) is 0 Å². The molecule has 2 aromatic heterocycles. The van der Waals surface area contributed by atoms with Gasteiger partial charge in [0, 0.05) is 19.6 Å². The molecule has 0 fully saturated rings. The minimum atomic E-state index is -0.356. The Kier molecular flexibility index (Phi) is 6.25. The SMILES string of the molecule is CCc1ccc(C(COC)NC(=O)Nc2c(C)nn(C(C)C)c2C)o1. The molecule has 2 heterocycles. The molecule has 0 aliphatic heterocycles. The van der Waals surface area contributed by atoms with E-state index in [9.17, 15) is 4.79 Å². The number of nitrogens with one attached hydrogen (secondary N) is 2. The quantitative estimate of drug-likeness (QED) is 0.798. The van der Waals surface area contributed by atoms with Crippen LogP contribution in [0.3, 0.4) is 0 Å². The highest BCUT2D eigenvalue weighted by molar-refractivity contribution is 5.90. The van der Waals surface area contributed by atoms with Crippen LogP contribution in [-0.2, 0) is 11.2 Å². The molecule has 0 saturated heterocycles. The molecule has 7 nitrogen and oxygen atoms in total. The summed E-state index contributed by atoms with van der Waals surface area (Å²) in [5.41, 5.74) is 2.45. The van der Waals surface area contributed by atoms with E-state index < -0.39 is 0 Å². The Balaban J connectivity index is 2.11. The van der Waals surface area contributed by atoms with Gasteiger partial charge in [-0.3, -0.25) is 4.68 Å². The number of aryl methyl sites for hydroxylation is 2. The largest absolute Gasteiger partial charge is 0.464 e. The molecule has 7 heteroatoms. The van der Waals surface area contributed by atoms with Crippen molar-refractivity contribution in [1.82, 2.24) is 15.1 Å². The van der Waals surface area contributed by atoms with Crippen molar-refractivity contribution in [2.24, 2.45) is 0 Å². The highest BCUT2D eigenvalue weighted by Crippen LogP contribution is 2.23. The minimum absolute atomic E-state index is 0.231. The van der Waals surface area contributed by atoms with Gasteiger partial charge in [-0.1, -0.05) is 6.92 Å². The number of rotatable bonds is 7. The summed E-state index contributed by atoms with van der Waals surface area (Å²) in [5.74, 6) is 1.56. The average Bonchev–Trinajstić information content (AvgIpc) is 3.14. The molecule has 2 N–H and O–H groups in total. The lowest BCUT2D eigenvalue weighted by atomic mass is 10.2. The van der Waals surface area contributed by atoms with Crippen molar-refractivity contribution in [3.63, 3.8) is 0 Å². The lowest BCUT2D eigenvalue weighted by Gasteiger charge is -2.17. The van der Waals surface area contributed by atoms with Crippen LogP contribution in [0.15, 0.2) is 16.5 Å². The maximum Gasteiger partial charge on any atom is 0.320 e. The third-order valence-electron chi connectivity index (χ3n) is 4.07. The van der Waals surface area contributed by atoms with Crippen LogP contribution in [0.5, 0.6) is 0 Å². The Bertz CT molecular complexity index is 718. The lowest BCUT2D eigenvalue weighted by molar-refractivity contribution is 0.158. The first-order chi connectivity index (χ1) is 11.9. The molecule has 0 aromatic carbocycles. The number of methoxy groups -OCH3 is 1. The molecule has 1 unspecified atom stereocenters. The van der Waals surface area contributed by atoms with Gasteiger partial charge in [-0.05, 0) is 39.8 Å². The van der Waals surface area contributed by atoms with Crippen molar-refractivity contribution in [1.29, 1.82) is 0 Å². The van der Waals surface area contributed by atoms with Gasteiger partial charge < -0.3 is 19.8 Å². The predicted molar refractivity (Wildman–Crippen MR) is 96.9 cm³/mol. The Hall–Kier alpha value is -2.28. The average molecular weight is 348 g/mol. The van der Waals surface area contributed by atoms with E-state index in [1.54, 1.807) is 7.11 Å². The second kappa shape index (κ2) is 8.20. The van der Waals surface area contributed by atoms with E-state index in [1.807, 2.05) is 37.6 Å². The smallest absolute Gasteiger partial charge is 0.320 e. The number of carbonyl (C=O) groups is 1. The minimum Gasteiger partial charge on any atom is -0.464 e. The summed E-state index contributed by atoms with van der Waals surface area (Å²) in [6.07, 6.45) is 0.804. The molecule has 0 bridgehead atoms. The Morgan fingerprint density at radius 1 is 1.36 bits per heavy atom. The van der Waals surface area contributed by atoms with Crippen molar-refractivity contribution in [3.05, 3.63) is 35.0 Å². The van der Waals surface area contributed by atoms with Crippen LogP contribution in [0.25, 0.3) is 0 Å². The van der Waals surface area contributed by atoms with Crippen LogP contribution in [0.2, 0.25) is 0 Å². The second-order valence-corrected chi connectivity index (χ2v) is 6.35. The van der Waals surface area contributed by atoms with E-state index in [0.29, 0.717) is 12.4 Å². The van der Waals surface area contributed by atoms with Crippen LogP contribution >= 0.6 is 0 Å². The van der Waals surface area contributed by atoms with Gasteiger partial charge in [0.15, 0.2) is 0 Å².